The van der Waals surface area contributed by atoms with Crippen molar-refractivity contribution in [1.82, 2.24) is 15.6 Å². The summed E-state index contributed by atoms with van der Waals surface area (Å²) in [5.74, 6) is 1.32. The summed E-state index contributed by atoms with van der Waals surface area (Å²) in [5, 5.41) is 6.41. The molecular formula is C19H25FN4O. The lowest BCUT2D eigenvalue weighted by Gasteiger charge is -2.15. The standard InChI is InChI=1S/C19H25FN4O/c1-13-11-23-17(14(2)18(13)25-4)12-24-19(21-3)22-10-9-15-7-5-6-8-16(15)20/h5-8,11H,9-10,12H2,1-4H3,(H2,21,22,24). The van der Waals surface area contributed by atoms with E-state index in [0.29, 0.717) is 31.0 Å². The molecule has 0 atom stereocenters. The Labute approximate surface area is 148 Å². The van der Waals surface area contributed by atoms with Crippen molar-refractivity contribution < 1.29 is 9.13 Å². The van der Waals surface area contributed by atoms with E-state index in [9.17, 15) is 4.39 Å². The van der Waals surface area contributed by atoms with Crippen molar-refractivity contribution in [3.63, 3.8) is 0 Å². The van der Waals surface area contributed by atoms with E-state index in [0.717, 1.165) is 22.6 Å². The Morgan fingerprint density at radius 1 is 1.24 bits per heavy atom. The molecule has 2 N–H and O–H groups in total. The molecular weight excluding hydrogens is 319 g/mol. The molecule has 0 aliphatic heterocycles. The van der Waals surface area contributed by atoms with Crippen molar-refractivity contribution >= 4 is 5.96 Å². The first-order chi connectivity index (χ1) is 12.1. The van der Waals surface area contributed by atoms with Crippen LogP contribution in [0, 0.1) is 19.7 Å². The molecule has 0 fully saturated rings. The fourth-order valence-electron chi connectivity index (χ4n) is 2.65. The van der Waals surface area contributed by atoms with E-state index in [1.54, 1.807) is 32.5 Å². The fraction of sp³-hybridized carbons (Fsp3) is 0.368. The number of nitrogens with zero attached hydrogens (tertiary/aromatic N) is 2. The van der Waals surface area contributed by atoms with Gasteiger partial charge >= 0.3 is 0 Å². The van der Waals surface area contributed by atoms with Crippen LogP contribution in [0.15, 0.2) is 35.5 Å². The van der Waals surface area contributed by atoms with Crippen molar-refractivity contribution in [3.05, 3.63) is 58.7 Å². The smallest absolute Gasteiger partial charge is 0.191 e. The van der Waals surface area contributed by atoms with Crippen molar-refractivity contribution in [2.45, 2.75) is 26.8 Å². The molecule has 1 heterocycles. The van der Waals surface area contributed by atoms with Gasteiger partial charge in [0.15, 0.2) is 5.96 Å². The minimum absolute atomic E-state index is 0.182. The highest BCUT2D eigenvalue weighted by Gasteiger charge is 2.10. The molecule has 0 radical (unpaired) electrons. The SMILES string of the molecule is CN=C(NCCc1ccccc1F)NCc1ncc(C)c(OC)c1C. The number of rotatable bonds is 6. The first-order valence-electron chi connectivity index (χ1n) is 8.23. The van der Waals surface area contributed by atoms with Crippen LogP contribution in [0.3, 0.4) is 0 Å². The average molecular weight is 344 g/mol. The van der Waals surface area contributed by atoms with Gasteiger partial charge in [0.2, 0.25) is 0 Å². The number of hydrogen-bond donors (Lipinski definition) is 2. The van der Waals surface area contributed by atoms with Crippen LogP contribution in [0.1, 0.15) is 22.4 Å². The van der Waals surface area contributed by atoms with Crippen LogP contribution in [0.5, 0.6) is 5.75 Å². The van der Waals surface area contributed by atoms with Gasteiger partial charge in [-0.3, -0.25) is 9.98 Å². The normalized spacial score (nSPS) is 11.3. The van der Waals surface area contributed by atoms with Crippen LogP contribution < -0.4 is 15.4 Å². The number of aromatic nitrogens is 1. The zero-order chi connectivity index (χ0) is 18.2. The van der Waals surface area contributed by atoms with E-state index in [4.69, 9.17) is 4.74 Å². The van der Waals surface area contributed by atoms with Gasteiger partial charge in [-0.25, -0.2) is 4.39 Å². The molecule has 134 valence electrons. The second kappa shape index (κ2) is 9.01. The van der Waals surface area contributed by atoms with E-state index in [1.807, 2.05) is 19.9 Å². The second-order valence-electron chi connectivity index (χ2n) is 5.74. The Morgan fingerprint density at radius 3 is 2.68 bits per heavy atom. The lowest BCUT2D eigenvalue weighted by molar-refractivity contribution is 0.406. The maximum absolute atomic E-state index is 13.6. The van der Waals surface area contributed by atoms with Crippen LogP contribution in [0.2, 0.25) is 0 Å². The highest BCUT2D eigenvalue weighted by atomic mass is 19.1. The summed E-state index contributed by atoms with van der Waals surface area (Å²) >= 11 is 0. The second-order valence-corrected chi connectivity index (χ2v) is 5.74. The van der Waals surface area contributed by atoms with Gasteiger partial charge in [-0.05, 0) is 31.9 Å². The number of nitrogens with one attached hydrogen (secondary N) is 2. The van der Waals surface area contributed by atoms with E-state index in [2.05, 4.69) is 20.6 Å². The molecule has 2 rings (SSSR count). The molecule has 0 aliphatic carbocycles. The van der Waals surface area contributed by atoms with Crippen molar-refractivity contribution in [2.75, 3.05) is 20.7 Å². The molecule has 0 amide bonds. The van der Waals surface area contributed by atoms with Gasteiger partial charge in [-0.2, -0.15) is 0 Å². The zero-order valence-corrected chi connectivity index (χ0v) is 15.2. The molecule has 5 nitrogen and oxygen atoms in total. The molecule has 0 aliphatic rings. The molecule has 1 aromatic heterocycles. The minimum atomic E-state index is -0.182. The molecule has 2 aromatic rings. The van der Waals surface area contributed by atoms with Crippen molar-refractivity contribution in [1.29, 1.82) is 0 Å². The summed E-state index contributed by atoms with van der Waals surface area (Å²) in [6.45, 7) is 5.08. The molecule has 0 saturated carbocycles. The van der Waals surface area contributed by atoms with Crippen LogP contribution in [-0.4, -0.2) is 31.6 Å². The summed E-state index contributed by atoms with van der Waals surface area (Å²) < 4.78 is 19.0. The molecule has 0 saturated heterocycles. The molecule has 6 heteroatoms. The van der Waals surface area contributed by atoms with Gasteiger partial charge in [-0.1, -0.05) is 18.2 Å². The van der Waals surface area contributed by atoms with E-state index in [1.165, 1.54) is 6.07 Å². The van der Waals surface area contributed by atoms with Crippen LogP contribution in [0.4, 0.5) is 4.39 Å². The van der Waals surface area contributed by atoms with E-state index >= 15 is 0 Å². The summed E-state index contributed by atoms with van der Waals surface area (Å²) in [6, 6.07) is 6.79. The Hall–Kier alpha value is -2.63. The summed E-state index contributed by atoms with van der Waals surface area (Å²) in [7, 11) is 3.37. The number of hydrogen-bond acceptors (Lipinski definition) is 3. The predicted octanol–water partition coefficient (Wildman–Crippen LogP) is 2.75. The molecule has 0 spiro atoms. The van der Waals surface area contributed by atoms with E-state index in [-0.39, 0.29) is 5.82 Å². The topological polar surface area (TPSA) is 58.5 Å². The van der Waals surface area contributed by atoms with Gasteiger partial charge in [0, 0.05) is 30.9 Å². The summed E-state index contributed by atoms with van der Waals surface area (Å²) in [6.07, 6.45) is 2.39. The van der Waals surface area contributed by atoms with Gasteiger partial charge in [0.1, 0.15) is 11.6 Å². The monoisotopic (exact) mass is 344 g/mol. The highest BCUT2D eigenvalue weighted by molar-refractivity contribution is 5.79. The zero-order valence-electron chi connectivity index (χ0n) is 15.2. The third-order valence-corrected chi connectivity index (χ3v) is 4.04. The molecule has 1 aromatic carbocycles. The lowest BCUT2D eigenvalue weighted by atomic mass is 10.1. The van der Waals surface area contributed by atoms with Crippen LogP contribution >= 0.6 is 0 Å². The third kappa shape index (κ3) is 4.92. The molecule has 0 bridgehead atoms. The van der Waals surface area contributed by atoms with Crippen molar-refractivity contribution in [3.8, 4) is 5.75 Å². The Morgan fingerprint density at radius 2 is 2.00 bits per heavy atom. The first kappa shape index (κ1) is 18.7. The van der Waals surface area contributed by atoms with Crippen LogP contribution in [0.25, 0.3) is 0 Å². The number of aliphatic imine (C=N–C) groups is 1. The minimum Gasteiger partial charge on any atom is -0.496 e. The summed E-state index contributed by atoms with van der Waals surface area (Å²) in [5.41, 5.74) is 3.61. The van der Waals surface area contributed by atoms with Crippen LogP contribution in [-0.2, 0) is 13.0 Å². The first-order valence-corrected chi connectivity index (χ1v) is 8.23. The lowest BCUT2D eigenvalue weighted by Crippen LogP contribution is -2.38. The maximum atomic E-state index is 13.6. The number of pyridine rings is 1. The van der Waals surface area contributed by atoms with E-state index < -0.39 is 0 Å². The highest BCUT2D eigenvalue weighted by Crippen LogP contribution is 2.23. The third-order valence-electron chi connectivity index (χ3n) is 4.04. The predicted molar refractivity (Wildman–Crippen MR) is 98.6 cm³/mol. The number of aryl methyl sites for hydroxylation is 1. The quantitative estimate of drug-likeness (QED) is 0.625. The Balaban J connectivity index is 1.90. The number of benzene rings is 1. The number of methoxy groups -OCH3 is 1. The molecule has 25 heavy (non-hydrogen) atoms. The number of halogens is 1. The van der Waals surface area contributed by atoms with Gasteiger partial charge in [0.25, 0.3) is 0 Å². The number of ether oxygens (including phenoxy) is 1. The van der Waals surface area contributed by atoms with Gasteiger partial charge in [0.05, 0.1) is 19.3 Å². The maximum Gasteiger partial charge on any atom is 0.191 e. The van der Waals surface area contributed by atoms with Crippen molar-refractivity contribution in [2.24, 2.45) is 4.99 Å². The van der Waals surface area contributed by atoms with Gasteiger partial charge < -0.3 is 15.4 Å². The Bertz CT molecular complexity index is 746. The summed E-state index contributed by atoms with van der Waals surface area (Å²) in [4.78, 5) is 8.65. The fourth-order valence-corrected chi connectivity index (χ4v) is 2.65. The average Bonchev–Trinajstić information content (AvgIpc) is 2.61. The number of guanidine groups is 1. The molecule has 0 unspecified atom stereocenters. The Kier molecular flexibility index (Phi) is 6.74. The van der Waals surface area contributed by atoms with Gasteiger partial charge in [-0.15, -0.1) is 0 Å². The largest absolute Gasteiger partial charge is 0.496 e.